The fourth-order valence-corrected chi connectivity index (χ4v) is 2.06. The zero-order valence-electron chi connectivity index (χ0n) is 9.69. The van der Waals surface area contributed by atoms with E-state index in [1.165, 1.54) is 6.07 Å². The molecule has 5 nitrogen and oxygen atoms in total. The molecule has 18 heavy (non-hydrogen) atoms. The molecule has 0 spiro atoms. The van der Waals surface area contributed by atoms with Crippen molar-refractivity contribution in [2.45, 2.75) is 13.8 Å². The number of nitrogens with zero attached hydrogens (tertiary/aromatic N) is 1. The number of aryl methyl sites for hydroxylation is 2. The molecule has 1 aromatic heterocycles. The summed E-state index contributed by atoms with van der Waals surface area (Å²) in [5.74, 6) is -0.933. The van der Waals surface area contributed by atoms with Gasteiger partial charge < -0.3 is 14.7 Å². The van der Waals surface area contributed by atoms with Gasteiger partial charge >= 0.3 is 5.97 Å². The highest BCUT2D eigenvalue weighted by Crippen LogP contribution is 2.40. The van der Waals surface area contributed by atoms with Crippen LogP contribution in [0.15, 0.2) is 21.1 Å². The predicted molar refractivity (Wildman–Crippen MR) is 67.7 cm³/mol. The Morgan fingerprint density at radius 3 is 2.56 bits per heavy atom. The predicted octanol–water partition coefficient (Wildman–Crippen LogP) is 3.12. The van der Waals surface area contributed by atoms with E-state index in [1.807, 2.05) is 13.0 Å². The molecule has 0 bridgehead atoms. The SMILES string of the molecule is Cc1cc(C)c(-c2cc(C(=O)O)no2)c(O)c1Br. The third-order valence-corrected chi connectivity index (χ3v) is 3.59. The average molecular weight is 312 g/mol. The molecule has 0 unspecified atom stereocenters. The second kappa shape index (κ2) is 4.45. The standard InChI is InChI=1S/C12H10BrNO4/c1-5-3-6(2)10(13)11(15)9(5)8-4-7(12(16)17)14-18-8/h3-4,15H,1-2H3,(H,16,17). The molecule has 1 heterocycles. The lowest BCUT2D eigenvalue weighted by atomic mass is 10.0. The molecular weight excluding hydrogens is 302 g/mol. The van der Waals surface area contributed by atoms with E-state index in [0.29, 0.717) is 10.0 Å². The van der Waals surface area contributed by atoms with E-state index in [2.05, 4.69) is 21.1 Å². The first-order valence-electron chi connectivity index (χ1n) is 5.11. The highest BCUT2D eigenvalue weighted by molar-refractivity contribution is 9.10. The Labute approximate surface area is 111 Å². The van der Waals surface area contributed by atoms with Crippen LogP contribution in [-0.2, 0) is 0 Å². The van der Waals surface area contributed by atoms with Crippen LogP contribution in [-0.4, -0.2) is 21.3 Å². The number of rotatable bonds is 2. The Bertz CT molecular complexity index is 633. The molecule has 0 radical (unpaired) electrons. The van der Waals surface area contributed by atoms with Gasteiger partial charge in [0, 0.05) is 6.07 Å². The van der Waals surface area contributed by atoms with E-state index in [0.717, 1.165) is 11.1 Å². The number of carboxylic acids is 1. The highest BCUT2D eigenvalue weighted by atomic mass is 79.9. The molecule has 0 aliphatic rings. The van der Waals surface area contributed by atoms with Gasteiger partial charge in [-0.25, -0.2) is 4.79 Å². The molecular formula is C12H10BrNO4. The van der Waals surface area contributed by atoms with Gasteiger partial charge in [0.2, 0.25) is 0 Å². The van der Waals surface area contributed by atoms with E-state index in [4.69, 9.17) is 9.63 Å². The van der Waals surface area contributed by atoms with Crippen molar-refractivity contribution in [1.29, 1.82) is 0 Å². The number of benzene rings is 1. The van der Waals surface area contributed by atoms with Crippen LogP contribution >= 0.6 is 15.9 Å². The Kier molecular flexibility index (Phi) is 3.13. The van der Waals surface area contributed by atoms with Gasteiger partial charge in [-0.1, -0.05) is 11.2 Å². The molecule has 0 atom stereocenters. The van der Waals surface area contributed by atoms with E-state index < -0.39 is 5.97 Å². The minimum atomic E-state index is -1.17. The fourth-order valence-electron chi connectivity index (χ4n) is 1.75. The molecule has 1 aromatic carbocycles. The summed E-state index contributed by atoms with van der Waals surface area (Å²) in [6.07, 6.45) is 0. The number of phenolic OH excluding ortho intramolecular Hbond substituents is 1. The lowest BCUT2D eigenvalue weighted by Gasteiger charge is -2.09. The average Bonchev–Trinajstić information content (AvgIpc) is 2.75. The van der Waals surface area contributed by atoms with Gasteiger partial charge in [-0.3, -0.25) is 0 Å². The maximum absolute atomic E-state index is 10.7. The van der Waals surface area contributed by atoms with Crippen LogP contribution in [0.1, 0.15) is 21.6 Å². The normalized spacial score (nSPS) is 10.6. The van der Waals surface area contributed by atoms with Crippen LogP contribution in [0.2, 0.25) is 0 Å². The summed E-state index contributed by atoms with van der Waals surface area (Å²) in [5.41, 5.74) is 1.90. The first kappa shape index (κ1) is 12.6. The van der Waals surface area contributed by atoms with Crippen LogP contribution in [0, 0.1) is 13.8 Å². The summed E-state index contributed by atoms with van der Waals surface area (Å²) in [5, 5.41) is 22.3. The molecule has 94 valence electrons. The zero-order chi connectivity index (χ0) is 13.4. The van der Waals surface area contributed by atoms with Crippen molar-refractivity contribution in [3.63, 3.8) is 0 Å². The summed E-state index contributed by atoms with van der Waals surface area (Å²) >= 11 is 3.27. The molecule has 0 aliphatic carbocycles. The minimum absolute atomic E-state index is 0.0144. The van der Waals surface area contributed by atoms with Gasteiger partial charge in [-0.2, -0.15) is 0 Å². The number of aromatic carboxylic acids is 1. The smallest absolute Gasteiger partial charge is 0.358 e. The van der Waals surface area contributed by atoms with Gasteiger partial charge in [-0.15, -0.1) is 0 Å². The lowest BCUT2D eigenvalue weighted by molar-refractivity contribution is 0.0686. The summed E-state index contributed by atoms with van der Waals surface area (Å²) < 4.78 is 5.51. The van der Waals surface area contributed by atoms with E-state index in [1.54, 1.807) is 6.92 Å². The number of halogens is 1. The molecule has 0 saturated carbocycles. The maximum Gasteiger partial charge on any atom is 0.358 e. The molecule has 0 aliphatic heterocycles. The van der Waals surface area contributed by atoms with Crippen molar-refractivity contribution in [1.82, 2.24) is 5.16 Å². The molecule has 0 amide bonds. The third kappa shape index (κ3) is 1.99. The van der Waals surface area contributed by atoms with Crippen molar-refractivity contribution in [3.8, 4) is 17.1 Å². The number of phenols is 1. The van der Waals surface area contributed by atoms with Crippen LogP contribution in [0.5, 0.6) is 5.75 Å². The van der Waals surface area contributed by atoms with Crippen molar-refractivity contribution < 1.29 is 19.5 Å². The summed E-state index contributed by atoms with van der Waals surface area (Å²) in [7, 11) is 0. The highest BCUT2D eigenvalue weighted by Gasteiger charge is 2.19. The molecule has 2 rings (SSSR count). The molecule has 2 aromatic rings. The van der Waals surface area contributed by atoms with Crippen LogP contribution in [0.25, 0.3) is 11.3 Å². The summed E-state index contributed by atoms with van der Waals surface area (Å²) in [6.45, 7) is 3.65. The quantitative estimate of drug-likeness (QED) is 0.890. The summed E-state index contributed by atoms with van der Waals surface area (Å²) in [4.78, 5) is 10.7. The van der Waals surface area contributed by atoms with Crippen molar-refractivity contribution in [2.75, 3.05) is 0 Å². The Hall–Kier alpha value is -1.82. The lowest BCUT2D eigenvalue weighted by Crippen LogP contribution is -1.94. The Morgan fingerprint density at radius 1 is 1.33 bits per heavy atom. The number of aromatic hydroxyl groups is 1. The number of aromatic nitrogens is 1. The number of carbonyl (C=O) groups is 1. The molecule has 0 saturated heterocycles. The van der Waals surface area contributed by atoms with Gasteiger partial charge in [0.15, 0.2) is 11.5 Å². The minimum Gasteiger partial charge on any atom is -0.506 e. The van der Waals surface area contributed by atoms with Crippen LogP contribution < -0.4 is 0 Å². The molecule has 0 fully saturated rings. The van der Waals surface area contributed by atoms with Gasteiger partial charge in [0.25, 0.3) is 0 Å². The largest absolute Gasteiger partial charge is 0.506 e. The monoisotopic (exact) mass is 311 g/mol. The third-order valence-electron chi connectivity index (χ3n) is 2.59. The molecule has 2 N–H and O–H groups in total. The summed E-state index contributed by atoms with van der Waals surface area (Å²) in [6, 6.07) is 3.15. The number of carboxylic acid groups (broad SMARTS) is 1. The Balaban J connectivity index is 2.63. The zero-order valence-corrected chi connectivity index (χ0v) is 11.3. The van der Waals surface area contributed by atoms with Crippen molar-refractivity contribution >= 4 is 21.9 Å². The fraction of sp³-hybridized carbons (Fsp3) is 0.167. The maximum atomic E-state index is 10.7. The van der Waals surface area contributed by atoms with Crippen molar-refractivity contribution in [2.24, 2.45) is 0 Å². The van der Waals surface area contributed by atoms with Crippen LogP contribution in [0.3, 0.4) is 0 Å². The van der Waals surface area contributed by atoms with Gasteiger partial charge in [0.1, 0.15) is 5.75 Å². The molecule has 6 heteroatoms. The number of hydrogen-bond acceptors (Lipinski definition) is 4. The topological polar surface area (TPSA) is 83.6 Å². The van der Waals surface area contributed by atoms with Gasteiger partial charge in [-0.05, 0) is 40.9 Å². The van der Waals surface area contributed by atoms with E-state index in [9.17, 15) is 9.90 Å². The second-order valence-electron chi connectivity index (χ2n) is 3.93. The first-order chi connectivity index (χ1) is 8.41. The Morgan fingerprint density at radius 2 is 2.00 bits per heavy atom. The van der Waals surface area contributed by atoms with Gasteiger partial charge in [0.05, 0.1) is 10.0 Å². The first-order valence-corrected chi connectivity index (χ1v) is 5.90. The van der Waals surface area contributed by atoms with Crippen molar-refractivity contribution in [3.05, 3.63) is 33.4 Å². The van der Waals surface area contributed by atoms with E-state index >= 15 is 0 Å². The van der Waals surface area contributed by atoms with Crippen LogP contribution in [0.4, 0.5) is 0 Å². The number of hydrogen-bond donors (Lipinski definition) is 2. The second-order valence-corrected chi connectivity index (χ2v) is 4.72. The van der Waals surface area contributed by atoms with E-state index in [-0.39, 0.29) is 17.2 Å².